The number of carbonyl (C=O) groups excluding carboxylic acids is 1. The van der Waals surface area contributed by atoms with Crippen LogP contribution in [0.1, 0.15) is 34.7 Å². The molecular formula is C15H14ClN5O3. The van der Waals surface area contributed by atoms with Gasteiger partial charge in [-0.2, -0.15) is 10.4 Å². The van der Waals surface area contributed by atoms with Crippen LogP contribution in [-0.4, -0.2) is 20.6 Å². The summed E-state index contributed by atoms with van der Waals surface area (Å²) in [6, 6.07) is 7.43. The third-order valence-corrected chi connectivity index (χ3v) is 3.61. The molecule has 0 aliphatic carbocycles. The zero-order chi connectivity index (χ0) is 17.9. The Morgan fingerprint density at radius 1 is 1.58 bits per heavy atom. The first-order valence-electron chi connectivity index (χ1n) is 7.06. The first-order valence-corrected chi connectivity index (χ1v) is 7.44. The predicted molar refractivity (Wildman–Crippen MR) is 86.6 cm³/mol. The van der Waals surface area contributed by atoms with Crippen molar-refractivity contribution >= 4 is 23.2 Å². The third-order valence-electron chi connectivity index (χ3n) is 3.38. The van der Waals surface area contributed by atoms with E-state index in [0.717, 1.165) is 0 Å². The predicted octanol–water partition coefficient (Wildman–Crippen LogP) is 2.77. The Morgan fingerprint density at radius 3 is 2.83 bits per heavy atom. The number of nitriles is 1. The van der Waals surface area contributed by atoms with E-state index in [1.54, 1.807) is 31.2 Å². The molecular weight excluding hydrogens is 334 g/mol. The molecule has 0 spiro atoms. The van der Waals surface area contributed by atoms with Crippen LogP contribution in [0.3, 0.4) is 0 Å². The number of benzene rings is 1. The monoisotopic (exact) mass is 347 g/mol. The van der Waals surface area contributed by atoms with Gasteiger partial charge in [0.2, 0.25) is 5.69 Å². The average molecular weight is 348 g/mol. The fourth-order valence-electron chi connectivity index (χ4n) is 2.32. The largest absolute Gasteiger partial charge is 0.331 e. The van der Waals surface area contributed by atoms with Crippen molar-refractivity contribution in [3.63, 3.8) is 0 Å². The van der Waals surface area contributed by atoms with E-state index in [-0.39, 0.29) is 23.6 Å². The van der Waals surface area contributed by atoms with Crippen LogP contribution < -0.4 is 5.32 Å². The van der Waals surface area contributed by atoms with Gasteiger partial charge >= 0.3 is 5.69 Å². The molecule has 0 fully saturated rings. The zero-order valence-electron chi connectivity index (χ0n) is 13.0. The summed E-state index contributed by atoms with van der Waals surface area (Å²) in [4.78, 5) is 23.1. The van der Waals surface area contributed by atoms with E-state index in [0.29, 0.717) is 10.6 Å². The second kappa shape index (κ2) is 7.10. The van der Waals surface area contributed by atoms with Crippen LogP contribution in [0.4, 0.5) is 5.69 Å². The maximum absolute atomic E-state index is 12.5. The molecule has 1 N–H and O–H groups in total. The first kappa shape index (κ1) is 17.4. The van der Waals surface area contributed by atoms with Crippen LogP contribution in [0.25, 0.3) is 0 Å². The summed E-state index contributed by atoms with van der Waals surface area (Å²) in [6.45, 7) is 3.46. The van der Waals surface area contributed by atoms with Gasteiger partial charge in [0.05, 0.1) is 11.0 Å². The van der Waals surface area contributed by atoms with E-state index in [2.05, 4.69) is 10.4 Å². The van der Waals surface area contributed by atoms with Crippen molar-refractivity contribution in [1.29, 1.82) is 5.26 Å². The molecule has 0 aliphatic heterocycles. The lowest BCUT2D eigenvalue weighted by Crippen LogP contribution is -2.30. The highest BCUT2D eigenvalue weighted by Crippen LogP contribution is 2.24. The number of carbonyl (C=O) groups is 1. The van der Waals surface area contributed by atoms with Gasteiger partial charge in [0.1, 0.15) is 11.7 Å². The number of nitrogens with one attached hydrogen (secondary N) is 1. The zero-order valence-corrected chi connectivity index (χ0v) is 13.7. The minimum Gasteiger partial charge on any atom is -0.331 e. The summed E-state index contributed by atoms with van der Waals surface area (Å²) in [6.07, 6.45) is 0. The fraction of sp³-hybridized carbons (Fsp3) is 0.267. The Balaban J connectivity index is 2.39. The second-order valence-corrected chi connectivity index (χ2v) is 5.38. The van der Waals surface area contributed by atoms with Crippen LogP contribution in [0.5, 0.6) is 0 Å². The van der Waals surface area contributed by atoms with E-state index in [1.165, 1.54) is 11.6 Å². The molecule has 1 aromatic heterocycles. The number of hydrogen-bond donors (Lipinski definition) is 1. The van der Waals surface area contributed by atoms with Crippen molar-refractivity contribution in [2.24, 2.45) is 0 Å². The molecule has 0 saturated carbocycles. The summed E-state index contributed by atoms with van der Waals surface area (Å²) < 4.78 is 1.25. The van der Waals surface area contributed by atoms with Crippen molar-refractivity contribution in [2.75, 3.05) is 0 Å². The number of amides is 1. The van der Waals surface area contributed by atoms with Crippen molar-refractivity contribution in [1.82, 2.24) is 15.1 Å². The maximum Gasteiger partial charge on any atom is 0.322 e. The Bertz CT molecular complexity index is 840. The Hall–Kier alpha value is -2.92. The van der Waals surface area contributed by atoms with Crippen LogP contribution in [0, 0.1) is 28.4 Å². The summed E-state index contributed by atoms with van der Waals surface area (Å²) in [5, 5.41) is 27.5. The van der Waals surface area contributed by atoms with Gasteiger partial charge < -0.3 is 5.32 Å². The number of halogens is 1. The number of nitro groups is 1. The van der Waals surface area contributed by atoms with Crippen molar-refractivity contribution in [3.8, 4) is 6.07 Å². The first-order chi connectivity index (χ1) is 11.4. The molecule has 1 heterocycles. The second-order valence-electron chi connectivity index (χ2n) is 4.95. The standard InChI is InChI=1S/C15H14ClN5O3/c1-3-20-14(13(21(23)24)9(2)19-20)15(22)18-12(8-17)10-5-4-6-11(16)7-10/h4-7,12H,3H2,1-2H3,(H,18,22)/t12-/m0/s1. The molecule has 0 radical (unpaired) electrons. The van der Waals surface area contributed by atoms with Gasteiger partial charge in [0, 0.05) is 11.6 Å². The van der Waals surface area contributed by atoms with Gasteiger partial charge in [-0.05, 0) is 31.5 Å². The topological polar surface area (TPSA) is 114 Å². The van der Waals surface area contributed by atoms with Crippen LogP contribution >= 0.6 is 11.6 Å². The van der Waals surface area contributed by atoms with E-state index in [9.17, 15) is 20.2 Å². The fourth-order valence-corrected chi connectivity index (χ4v) is 2.52. The number of aromatic nitrogens is 2. The minimum absolute atomic E-state index is 0.142. The molecule has 1 aromatic carbocycles. The van der Waals surface area contributed by atoms with Crippen molar-refractivity contribution < 1.29 is 9.72 Å². The van der Waals surface area contributed by atoms with Gasteiger partial charge in [-0.15, -0.1) is 0 Å². The number of nitrogens with zero attached hydrogens (tertiary/aromatic N) is 4. The highest BCUT2D eigenvalue weighted by Gasteiger charge is 2.31. The maximum atomic E-state index is 12.5. The van der Waals surface area contributed by atoms with E-state index >= 15 is 0 Å². The lowest BCUT2D eigenvalue weighted by atomic mass is 10.1. The molecule has 9 heteroatoms. The molecule has 2 aromatic rings. The van der Waals surface area contributed by atoms with Crippen molar-refractivity contribution in [3.05, 3.63) is 56.4 Å². The molecule has 1 atom stereocenters. The SMILES string of the molecule is CCn1nc(C)c([N+](=O)[O-])c1C(=O)N[C@@H](C#N)c1cccc(Cl)c1. The molecule has 124 valence electrons. The summed E-state index contributed by atoms with van der Waals surface area (Å²) in [5.74, 6) is -0.740. The number of aryl methyl sites for hydroxylation is 2. The van der Waals surface area contributed by atoms with Gasteiger partial charge in [-0.3, -0.25) is 19.6 Å². The molecule has 0 saturated heterocycles. The molecule has 8 nitrogen and oxygen atoms in total. The minimum atomic E-state index is -0.990. The van der Waals surface area contributed by atoms with Gasteiger partial charge in [0.25, 0.3) is 5.91 Å². The van der Waals surface area contributed by atoms with Crippen molar-refractivity contribution in [2.45, 2.75) is 26.4 Å². The van der Waals surface area contributed by atoms with E-state index < -0.39 is 16.9 Å². The van der Waals surface area contributed by atoms with Gasteiger partial charge in [0.15, 0.2) is 0 Å². The third kappa shape index (κ3) is 3.36. The van der Waals surface area contributed by atoms with Gasteiger partial charge in [-0.1, -0.05) is 23.7 Å². The van der Waals surface area contributed by atoms with Crippen LogP contribution in [0.2, 0.25) is 5.02 Å². The average Bonchev–Trinajstić information content (AvgIpc) is 2.89. The highest BCUT2D eigenvalue weighted by atomic mass is 35.5. The van der Waals surface area contributed by atoms with E-state index in [4.69, 9.17) is 11.6 Å². The normalized spacial score (nSPS) is 11.6. The summed E-state index contributed by atoms with van der Waals surface area (Å²) in [5.41, 5.74) is 0.0861. The van der Waals surface area contributed by atoms with Crippen LogP contribution in [0.15, 0.2) is 24.3 Å². The lowest BCUT2D eigenvalue weighted by Gasteiger charge is -2.12. The Kier molecular flexibility index (Phi) is 5.16. The van der Waals surface area contributed by atoms with Gasteiger partial charge in [-0.25, -0.2) is 0 Å². The number of rotatable bonds is 5. The summed E-state index contributed by atoms with van der Waals surface area (Å²) >= 11 is 5.89. The Morgan fingerprint density at radius 2 is 2.29 bits per heavy atom. The molecule has 1 amide bonds. The number of hydrogen-bond acceptors (Lipinski definition) is 5. The lowest BCUT2D eigenvalue weighted by molar-refractivity contribution is -0.385. The smallest absolute Gasteiger partial charge is 0.322 e. The molecule has 24 heavy (non-hydrogen) atoms. The van der Waals surface area contributed by atoms with Crippen LogP contribution in [-0.2, 0) is 6.54 Å². The Labute approximate surface area is 142 Å². The van der Waals surface area contributed by atoms with E-state index in [1.807, 2.05) is 6.07 Å². The molecule has 0 unspecified atom stereocenters. The molecule has 0 bridgehead atoms. The molecule has 0 aliphatic rings. The quantitative estimate of drug-likeness (QED) is 0.659. The molecule has 2 rings (SSSR count). The summed E-state index contributed by atoms with van der Waals surface area (Å²) in [7, 11) is 0. The highest BCUT2D eigenvalue weighted by molar-refractivity contribution is 6.30.